The van der Waals surface area contributed by atoms with Gasteiger partial charge in [-0.2, -0.15) is 10.5 Å². The topological polar surface area (TPSA) is 57.4 Å². The van der Waals surface area contributed by atoms with E-state index in [4.69, 9.17) is 0 Å². The normalized spacial score (nSPS) is 11.3. The Morgan fingerprint density at radius 2 is 0.671 bits per heavy atom. The molecule has 0 unspecified atom stereocenters. The largest absolute Gasteiger partial charge is 0.309 e. The van der Waals surface area contributed by atoms with E-state index in [2.05, 4.69) is 259 Å². The van der Waals surface area contributed by atoms with Gasteiger partial charge >= 0.3 is 0 Å². The molecule has 0 saturated heterocycles. The van der Waals surface area contributed by atoms with Gasteiger partial charge in [-0.3, -0.25) is 0 Å². The van der Waals surface area contributed by atoms with Crippen LogP contribution in [0.4, 0.5) is 0 Å². The number of fused-ring (bicyclic) bond motifs is 6. The third-order valence-electron chi connectivity index (χ3n) is 14.5. The zero-order chi connectivity index (χ0) is 49.0. The smallest absolute Gasteiger partial charge is 0.0991 e. The van der Waals surface area contributed by atoms with Gasteiger partial charge in [0, 0.05) is 32.8 Å². The monoisotopic (exact) mass is 928 g/mol. The van der Waals surface area contributed by atoms with Crippen molar-refractivity contribution < 1.29 is 0 Å². The highest BCUT2D eigenvalue weighted by atomic mass is 15.0. The minimum Gasteiger partial charge on any atom is -0.309 e. The molecule has 0 aliphatic heterocycles. The molecule has 73 heavy (non-hydrogen) atoms. The fraction of sp³-hybridized carbons (Fsp3) is 0.0145. The first-order valence-electron chi connectivity index (χ1n) is 24.6. The summed E-state index contributed by atoms with van der Waals surface area (Å²) in [6.07, 6.45) is 0. The molecule has 0 fully saturated rings. The van der Waals surface area contributed by atoms with Crippen LogP contribution in [0, 0.1) is 29.6 Å². The molecule has 2 aromatic heterocycles. The molecule has 0 aliphatic rings. The molecule has 2 heterocycles. The van der Waals surface area contributed by atoms with E-state index in [1.807, 2.05) is 18.2 Å². The Morgan fingerprint density at radius 3 is 1.08 bits per heavy atom. The van der Waals surface area contributed by atoms with E-state index in [0.29, 0.717) is 11.1 Å². The zero-order valence-corrected chi connectivity index (χ0v) is 40.0. The first-order valence-corrected chi connectivity index (χ1v) is 24.6. The Kier molecular flexibility index (Phi) is 10.5. The highest BCUT2D eigenvalue weighted by Crippen LogP contribution is 2.45. The lowest BCUT2D eigenvalue weighted by molar-refractivity contribution is 1.17. The molecule has 0 N–H and O–H groups in total. The van der Waals surface area contributed by atoms with Crippen LogP contribution in [0.15, 0.2) is 249 Å². The molecule has 4 nitrogen and oxygen atoms in total. The summed E-state index contributed by atoms with van der Waals surface area (Å²) in [4.78, 5) is 0. The Hall–Kier alpha value is -10.0. The maximum Gasteiger partial charge on any atom is 0.0991 e. The second-order valence-electron chi connectivity index (χ2n) is 18.8. The Balaban J connectivity index is 1.10. The number of nitriles is 2. The van der Waals surface area contributed by atoms with E-state index in [1.54, 1.807) is 0 Å². The van der Waals surface area contributed by atoms with E-state index in [0.717, 1.165) is 127 Å². The standard InChI is InChI=1S/C69H44N4/c1-45-36-46(43-70)22-29-57(45)58-30-28-56(72-65-32-24-52(48-14-6-2-7-15-48)38-61(65)62-39-53(25-33-66(62)72)49-16-8-3-9-17-49)42-59(58)60-37-47(44-71)23-31-67(60)73-68-34-26-54(50-18-10-4-11-19-50)40-63(68)64-41-55(27-35-69(64)73)51-20-12-5-13-21-51/h2-42H,1H3. The molecular weight excluding hydrogens is 885 g/mol. The lowest BCUT2D eigenvalue weighted by atomic mass is 9.89. The van der Waals surface area contributed by atoms with Crippen LogP contribution in [0.3, 0.4) is 0 Å². The number of hydrogen-bond donors (Lipinski definition) is 0. The molecule has 0 spiro atoms. The number of hydrogen-bond acceptors (Lipinski definition) is 2. The van der Waals surface area contributed by atoms with Gasteiger partial charge in [0.1, 0.15) is 0 Å². The summed E-state index contributed by atoms with van der Waals surface area (Å²) in [5.74, 6) is 0. The Morgan fingerprint density at radius 1 is 0.288 bits per heavy atom. The summed E-state index contributed by atoms with van der Waals surface area (Å²) in [5, 5.41) is 25.3. The van der Waals surface area contributed by atoms with Crippen LogP contribution in [0.5, 0.6) is 0 Å². The quantitative estimate of drug-likeness (QED) is 0.152. The average Bonchev–Trinajstić information content (AvgIpc) is 3.97. The van der Waals surface area contributed by atoms with Crippen LogP contribution < -0.4 is 0 Å². The number of aryl methyl sites for hydroxylation is 1. The van der Waals surface area contributed by atoms with E-state index < -0.39 is 0 Å². The van der Waals surface area contributed by atoms with E-state index in [9.17, 15) is 10.5 Å². The van der Waals surface area contributed by atoms with Crippen LogP contribution in [-0.4, -0.2) is 9.13 Å². The molecule has 4 heteroatoms. The SMILES string of the molecule is Cc1cc(C#N)ccc1-c1ccc(-n2c3ccc(-c4ccccc4)cc3c3cc(-c4ccccc4)ccc32)cc1-c1cc(C#N)ccc1-n1c2ccc(-c3ccccc3)cc2c2cc(-c3ccccc3)ccc21. The molecule has 340 valence electrons. The summed E-state index contributed by atoms with van der Waals surface area (Å²) in [7, 11) is 0. The molecule has 0 bridgehead atoms. The van der Waals surface area contributed by atoms with E-state index in [1.165, 1.54) is 0 Å². The fourth-order valence-corrected chi connectivity index (χ4v) is 11.0. The molecule has 0 radical (unpaired) electrons. The second kappa shape index (κ2) is 17.8. The summed E-state index contributed by atoms with van der Waals surface area (Å²) in [5.41, 5.74) is 21.5. The second-order valence-corrected chi connectivity index (χ2v) is 18.8. The van der Waals surface area contributed by atoms with Crippen molar-refractivity contribution in [3.05, 3.63) is 265 Å². The lowest BCUT2D eigenvalue weighted by Crippen LogP contribution is -2.01. The molecule has 0 atom stereocenters. The van der Waals surface area contributed by atoms with Crippen molar-refractivity contribution in [3.8, 4) is 90.3 Å². The average molecular weight is 929 g/mol. The molecule has 13 rings (SSSR count). The van der Waals surface area contributed by atoms with Gasteiger partial charge in [-0.25, -0.2) is 0 Å². The zero-order valence-electron chi connectivity index (χ0n) is 40.0. The van der Waals surface area contributed by atoms with Gasteiger partial charge in [0.15, 0.2) is 0 Å². The molecule has 13 aromatic rings. The van der Waals surface area contributed by atoms with Gasteiger partial charge < -0.3 is 9.13 Å². The van der Waals surface area contributed by atoms with Crippen molar-refractivity contribution in [1.29, 1.82) is 10.5 Å². The fourth-order valence-electron chi connectivity index (χ4n) is 11.0. The van der Waals surface area contributed by atoms with Crippen molar-refractivity contribution in [1.82, 2.24) is 9.13 Å². The van der Waals surface area contributed by atoms with Crippen LogP contribution in [0.1, 0.15) is 16.7 Å². The summed E-state index contributed by atoms with van der Waals surface area (Å²) in [6.45, 7) is 2.07. The van der Waals surface area contributed by atoms with Crippen LogP contribution >= 0.6 is 0 Å². The summed E-state index contributed by atoms with van der Waals surface area (Å²) < 4.78 is 4.76. The predicted molar refractivity (Wildman–Crippen MR) is 302 cm³/mol. The minimum atomic E-state index is 0.559. The summed E-state index contributed by atoms with van der Waals surface area (Å²) >= 11 is 0. The minimum absolute atomic E-state index is 0.559. The van der Waals surface area contributed by atoms with E-state index >= 15 is 0 Å². The van der Waals surface area contributed by atoms with Gasteiger partial charge in [0.05, 0.1) is 51.0 Å². The number of rotatable bonds is 8. The van der Waals surface area contributed by atoms with Crippen LogP contribution in [0.2, 0.25) is 0 Å². The first kappa shape index (κ1) is 43.1. The number of benzene rings is 11. The van der Waals surface area contributed by atoms with Crippen LogP contribution in [0.25, 0.3) is 122 Å². The highest BCUT2D eigenvalue weighted by Gasteiger charge is 2.23. The lowest BCUT2D eigenvalue weighted by Gasteiger charge is -2.20. The number of aromatic nitrogens is 2. The molecular formula is C69H44N4. The maximum absolute atomic E-state index is 10.7. The molecule has 0 amide bonds. The van der Waals surface area contributed by atoms with Gasteiger partial charge in [0.25, 0.3) is 0 Å². The first-order chi connectivity index (χ1) is 36.0. The predicted octanol–water partition coefficient (Wildman–Crippen LogP) is 17.9. The van der Waals surface area contributed by atoms with Crippen molar-refractivity contribution in [2.24, 2.45) is 0 Å². The Bertz CT molecular complexity index is 4180. The van der Waals surface area contributed by atoms with Crippen molar-refractivity contribution in [2.75, 3.05) is 0 Å². The molecule has 0 saturated carbocycles. The highest BCUT2D eigenvalue weighted by molar-refractivity contribution is 6.14. The van der Waals surface area contributed by atoms with E-state index in [-0.39, 0.29) is 0 Å². The van der Waals surface area contributed by atoms with Gasteiger partial charge in [0.2, 0.25) is 0 Å². The van der Waals surface area contributed by atoms with Crippen molar-refractivity contribution in [2.45, 2.75) is 6.92 Å². The maximum atomic E-state index is 10.7. The van der Waals surface area contributed by atoms with Gasteiger partial charge in [-0.15, -0.1) is 0 Å². The van der Waals surface area contributed by atoms with Crippen molar-refractivity contribution in [3.63, 3.8) is 0 Å². The van der Waals surface area contributed by atoms with Gasteiger partial charge in [-0.05, 0) is 165 Å². The van der Waals surface area contributed by atoms with Gasteiger partial charge in [-0.1, -0.05) is 158 Å². The molecule has 0 aliphatic carbocycles. The Labute approximate surface area is 423 Å². The third-order valence-corrected chi connectivity index (χ3v) is 14.5. The third kappa shape index (κ3) is 7.46. The number of nitrogens with zero attached hydrogens (tertiary/aromatic N) is 4. The molecule has 11 aromatic carbocycles. The van der Waals surface area contributed by atoms with Crippen molar-refractivity contribution >= 4 is 43.6 Å². The van der Waals surface area contributed by atoms with Crippen LogP contribution in [-0.2, 0) is 0 Å². The summed E-state index contributed by atoms with van der Waals surface area (Å²) in [6, 6.07) is 93.1.